The van der Waals surface area contributed by atoms with Crippen LogP contribution in [0.3, 0.4) is 0 Å². The molecule has 0 bridgehead atoms. The monoisotopic (exact) mass is 775 g/mol. The zero-order valence-corrected chi connectivity index (χ0v) is 33.6. The highest BCUT2D eigenvalue weighted by molar-refractivity contribution is 6.13. The van der Waals surface area contributed by atoms with Crippen molar-refractivity contribution in [1.82, 2.24) is 0 Å². The van der Waals surface area contributed by atoms with Gasteiger partial charge >= 0.3 is 0 Å². The molecule has 0 saturated carbocycles. The van der Waals surface area contributed by atoms with Crippen molar-refractivity contribution in [2.24, 2.45) is 0 Å². The summed E-state index contributed by atoms with van der Waals surface area (Å²) in [6.45, 7) is 0. The fourth-order valence-corrected chi connectivity index (χ4v) is 9.05. The van der Waals surface area contributed by atoms with Crippen molar-refractivity contribution >= 4 is 49.4 Å². The largest absolute Gasteiger partial charge is 0.311 e. The van der Waals surface area contributed by atoms with Crippen LogP contribution < -0.4 is 4.90 Å². The van der Waals surface area contributed by atoms with Gasteiger partial charge in [-0.05, 0) is 136 Å². The summed E-state index contributed by atoms with van der Waals surface area (Å²) in [6.07, 6.45) is 0. The predicted molar refractivity (Wildman–Crippen MR) is 261 cm³/mol. The van der Waals surface area contributed by atoms with E-state index in [1.807, 2.05) is 0 Å². The highest BCUT2D eigenvalue weighted by Gasteiger charge is 2.16. The fourth-order valence-electron chi connectivity index (χ4n) is 9.05. The van der Waals surface area contributed by atoms with Gasteiger partial charge in [0.25, 0.3) is 0 Å². The van der Waals surface area contributed by atoms with Gasteiger partial charge in [-0.25, -0.2) is 0 Å². The molecule has 61 heavy (non-hydrogen) atoms. The summed E-state index contributed by atoms with van der Waals surface area (Å²) >= 11 is 0. The molecule has 0 fully saturated rings. The summed E-state index contributed by atoms with van der Waals surface area (Å²) < 4.78 is 0. The van der Waals surface area contributed by atoms with Crippen LogP contribution in [0.25, 0.3) is 88.0 Å². The van der Waals surface area contributed by atoms with Gasteiger partial charge < -0.3 is 4.90 Å². The van der Waals surface area contributed by atoms with E-state index < -0.39 is 0 Å². The topological polar surface area (TPSA) is 3.24 Å². The van der Waals surface area contributed by atoms with Crippen molar-refractivity contribution in [2.45, 2.75) is 0 Å². The Bertz CT molecular complexity index is 3310. The Hall–Kier alpha value is -8.00. The number of rotatable bonds is 8. The Morgan fingerprint density at radius 3 is 1.28 bits per heavy atom. The molecule has 0 amide bonds. The van der Waals surface area contributed by atoms with Gasteiger partial charge in [-0.3, -0.25) is 0 Å². The van der Waals surface area contributed by atoms with Crippen LogP contribution in [-0.2, 0) is 0 Å². The molecule has 11 aromatic rings. The second kappa shape index (κ2) is 15.6. The predicted octanol–water partition coefficient (Wildman–Crippen LogP) is 17.0. The lowest BCUT2D eigenvalue weighted by molar-refractivity contribution is 1.28. The van der Waals surface area contributed by atoms with E-state index in [9.17, 15) is 0 Å². The number of benzene rings is 11. The molecular formula is C60H41N. The van der Waals surface area contributed by atoms with Gasteiger partial charge in [-0.1, -0.05) is 200 Å². The van der Waals surface area contributed by atoms with Crippen molar-refractivity contribution in [2.75, 3.05) is 4.90 Å². The van der Waals surface area contributed by atoms with E-state index in [0.717, 1.165) is 17.1 Å². The van der Waals surface area contributed by atoms with E-state index in [-0.39, 0.29) is 0 Å². The molecule has 11 rings (SSSR count). The highest BCUT2D eigenvalue weighted by atomic mass is 15.1. The smallest absolute Gasteiger partial charge is 0.0462 e. The second-order valence-corrected chi connectivity index (χ2v) is 15.7. The lowest BCUT2D eigenvalue weighted by atomic mass is 9.91. The first kappa shape index (κ1) is 36.1. The average Bonchev–Trinajstić information content (AvgIpc) is 3.35. The molecule has 0 aliphatic carbocycles. The molecule has 0 aliphatic heterocycles. The van der Waals surface area contributed by atoms with Crippen LogP contribution in [0.2, 0.25) is 0 Å². The van der Waals surface area contributed by atoms with Crippen molar-refractivity contribution < 1.29 is 0 Å². The third kappa shape index (κ3) is 6.83. The first-order chi connectivity index (χ1) is 30.2. The van der Waals surface area contributed by atoms with Gasteiger partial charge in [-0.2, -0.15) is 0 Å². The molecule has 0 heterocycles. The first-order valence-electron chi connectivity index (χ1n) is 21.0. The summed E-state index contributed by atoms with van der Waals surface area (Å²) in [5, 5.41) is 7.57. The third-order valence-electron chi connectivity index (χ3n) is 12.1. The quantitative estimate of drug-likeness (QED) is 0.139. The molecule has 0 aliphatic rings. The zero-order chi connectivity index (χ0) is 40.5. The summed E-state index contributed by atoms with van der Waals surface area (Å²) in [5.41, 5.74) is 15.4. The Kier molecular flexibility index (Phi) is 9.26. The van der Waals surface area contributed by atoms with Crippen molar-refractivity contribution in [1.29, 1.82) is 0 Å². The minimum absolute atomic E-state index is 1.09. The van der Waals surface area contributed by atoms with E-state index in [0.29, 0.717) is 0 Å². The van der Waals surface area contributed by atoms with Crippen LogP contribution in [-0.4, -0.2) is 0 Å². The molecule has 0 aromatic heterocycles. The van der Waals surface area contributed by atoms with Crippen LogP contribution >= 0.6 is 0 Å². The van der Waals surface area contributed by atoms with Crippen molar-refractivity contribution in [3.63, 3.8) is 0 Å². The summed E-state index contributed by atoms with van der Waals surface area (Å²) in [4.78, 5) is 2.37. The van der Waals surface area contributed by atoms with Crippen LogP contribution in [0.4, 0.5) is 17.1 Å². The lowest BCUT2D eigenvalue weighted by Crippen LogP contribution is -2.09. The number of anilines is 3. The van der Waals surface area contributed by atoms with E-state index in [1.165, 1.54) is 88.0 Å². The molecular weight excluding hydrogens is 735 g/mol. The molecule has 286 valence electrons. The maximum Gasteiger partial charge on any atom is 0.0462 e. The Labute approximate surface area is 357 Å². The summed E-state index contributed by atoms with van der Waals surface area (Å²) in [6, 6.07) is 90.3. The number of hydrogen-bond donors (Lipinski definition) is 0. The molecule has 0 unspecified atom stereocenters. The van der Waals surface area contributed by atoms with Gasteiger partial charge in [0, 0.05) is 17.1 Å². The van der Waals surface area contributed by atoms with Gasteiger partial charge in [0.1, 0.15) is 0 Å². The fraction of sp³-hybridized carbons (Fsp3) is 0. The zero-order valence-electron chi connectivity index (χ0n) is 33.6. The molecule has 0 N–H and O–H groups in total. The molecule has 1 heteroatoms. The van der Waals surface area contributed by atoms with Gasteiger partial charge in [0.15, 0.2) is 0 Å². The molecule has 0 atom stereocenters. The van der Waals surface area contributed by atoms with Gasteiger partial charge in [-0.15, -0.1) is 0 Å². The molecule has 0 spiro atoms. The number of hydrogen-bond acceptors (Lipinski definition) is 1. The second-order valence-electron chi connectivity index (χ2n) is 15.7. The summed E-state index contributed by atoms with van der Waals surface area (Å²) in [7, 11) is 0. The first-order valence-corrected chi connectivity index (χ1v) is 21.0. The van der Waals surface area contributed by atoms with Gasteiger partial charge in [0.05, 0.1) is 0 Å². The maximum atomic E-state index is 2.37. The van der Waals surface area contributed by atoms with Crippen LogP contribution in [0.15, 0.2) is 249 Å². The minimum atomic E-state index is 1.09. The minimum Gasteiger partial charge on any atom is -0.311 e. The lowest BCUT2D eigenvalue weighted by Gasteiger charge is -2.26. The standard InChI is InChI=1S/C60H41N/c1-3-14-43(15-4-1)56-39-32-48(40-59(56)45-16-5-2-6-17-45)42-26-33-50(34-27-42)61(51-35-28-46(29-36-51)54-25-13-20-44-18-7-9-21-53(44)54)52-37-30-47(31-38-52)60-41-49-19-8-10-22-55(49)57-23-11-12-24-58(57)60/h1-41H. The number of nitrogens with zero attached hydrogens (tertiary/aromatic N) is 1. The molecule has 0 saturated heterocycles. The van der Waals surface area contributed by atoms with Crippen molar-refractivity contribution in [3.05, 3.63) is 249 Å². The Balaban J connectivity index is 0.997. The maximum absolute atomic E-state index is 2.37. The van der Waals surface area contributed by atoms with Crippen LogP contribution in [0, 0.1) is 0 Å². The summed E-state index contributed by atoms with van der Waals surface area (Å²) in [5.74, 6) is 0. The SMILES string of the molecule is c1ccc(-c2ccc(-c3ccc(N(c4ccc(-c5cccc6ccccc56)cc4)c4ccc(-c5cc6ccccc6c6ccccc56)cc4)cc3)cc2-c2ccccc2)cc1. The van der Waals surface area contributed by atoms with E-state index in [1.54, 1.807) is 0 Å². The van der Waals surface area contributed by atoms with Crippen LogP contribution in [0.5, 0.6) is 0 Å². The highest BCUT2D eigenvalue weighted by Crippen LogP contribution is 2.41. The Morgan fingerprint density at radius 2 is 0.639 bits per heavy atom. The van der Waals surface area contributed by atoms with Crippen molar-refractivity contribution in [3.8, 4) is 55.6 Å². The van der Waals surface area contributed by atoms with E-state index in [4.69, 9.17) is 0 Å². The molecule has 11 aromatic carbocycles. The molecule has 1 nitrogen and oxygen atoms in total. The van der Waals surface area contributed by atoms with E-state index >= 15 is 0 Å². The van der Waals surface area contributed by atoms with Crippen LogP contribution in [0.1, 0.15) is 0 Å². The number of fused-ring (bicyclic) bond motifs is 4. The normalized spacial score (nSPS) is 11.3. The Morgan fingerprint density at radius 1 is 0.197 bits per heavy atom. The molecule has 0 radical (unpaired) electrons. The average molecular weight is 776 g/mol. The third-order valence-corrected chi connectivity index (χ3v) is 12.1. The van der Waals surface area contributed by atoms with E-state index in [2.05, 4.69) is 254 Å². The van der Waals surface area contributed by atoms with Gasteiger partial charge in [0.2, 0.25) is 0 Å².